The molecule has 7 heteroatoms. The topological polar surface area (TPSA) is 82.7 Å². The molecule has 0 aliphatic carbocycles. The molecule has 0 saturated carbocycles. The molecule has 1 N–H and O–H groups in total. The second-order valence-electron chi connectivity index (χ2n) is 6.85. The summed E-state index contributed by atoms with van der Waals surface area (Å²) in [5.74, 6) is 0.578. The molecule has 0 bridgehead atoms. The molecule has 3 aromatic rings. The predicted molar refractivity (Wildman–Crippen MR) is 109 cm³/mol. The largest absolute Gasteiger partial charge is 0.440 e. The second kappa shape index (κ2) is 8.79. The first-order chi connectivity index (χ1) is 13.9. The van der Waals surface area contributed by atoms with Crippen LogP contribution in [-0.2, 0) is 24.5 Å². The Labute approximate surface area is 168 Å². The number of hydrogen-bond donors (Lipinski definition) is 1. The molecule has 29 heavy (non-hydrogen) atoms. The van der Waals surface area contributed by atoms with Crippen LogP contribution in [0, 0.1) is 13.8 Å². The van der Waals surface area contributed by atoms with Gasteiger partial charge in [0, 0.05) is 0 Å². The van der Waals surface area contributed by atoms with Gasteiger partial charge in [0.15, 0.2) is 0 Å². The normalized spacial score (nSPS) is 10.9. The molecule has 7 nitrogen and oxygen atoms in total. The molecule has 1 heterocycles. The predicted octanol–water partition coefficient (Wildman–Crippen LogP) is 3.39. The number of aromatic nitrogens is 2. The monoisotopic (exact) mass is 396 g/mol. The van der Waals surface area contributed by atoms with Gasteiger partial charge in [-0.3, -0.25) is 4.79 Å². The van der Waals surface area contributed by atoms with E-state index in [-0.39, 0.29) is 35.9 Å². The van der Waals surface area contributed by atoms with E-state index in [1.165, 1.54) is 0 Å². The number of ether oxygens (including phenoxy) is 2. The first-order valence-electron chi connectivity index (χ1n) is 9.36. The fourth-order valence-electron chi connectivity index (χ4n) is 3.14. The molecule has 1 aromatic heterocycles. The minimum atomic E-state index is -0.917. The molecule has 152 valence electrons. The Kier molecular flexibility index (Phi) is 6.19. The lowest BCUT2D eigenvalue weighted by Gasteiger charge is -2.18. The van der Waals surface area contributed by atoms with Crippen molar-refractivity contribution in [2.45, 2.75) is 40.5 Å². The molecule has 0 saturated heterocycles. The van der Waals surface area contributed by atoms with Crippen LogP contribution < -0.4 is 16.0 Å². The summed E-state index contributed by atoms with van der Waals surface area (Å²) in [7, 11) is 0. The maximum Gasteiger partial charge on any atom is 0.369 e. The van der Waals surface area contributed by atoms with Crippen molar-refractivity contribution in [2.75, 3.05) is 0 Å². The lowest BCUT2D eigenvalue weighted by Crippen LogP contribution is -2.41. The van der Waals surface area contributed by atoms with Crippen LogP contribution in [0.4, 0.5) is 0 Å². The molecule has 0 aliphatic rings. The van der Waals surface area contributed by atoms with Gasteiger partial charge in [-0.05, 0) is 49.1 Å². The fourth-order valence-corrected chi connectivity index (χ4v) is 3.14. The summed E-state index contributed by atoms with van der Waals surface area (Å²) in [5, 5.41) is 9.95. The molecule has 0 fully saturated rings. The SMILES string of the molecule is CCc1c(Oc2cc(C)cc(C)c2)n(COCc2ccccc2)c(=O)n(O)c1=O. The smallest absolute Gasteiger partial charge is 0.369 e. The van der Waals surface area contributed by atoms with E-state index >= 15 is 0 Å². The summed E-state index contributed by atoms with van der Waals surface area (Å²) in [6.45, 7) is 5.71. The average Bonchev–Trinajstić information content (AvgIpc) is 2.69. The third-order valence-corrected chi connectivity index (χ3v) is 4.46. The van der Waals surface area contributed by atoms with E-state index in [4.69, 9.17) is 9.47 Å². The van der Waals surface area contributed by atoms with Gasteiger partial charge in [-0.25, -0.2) is 9.36 Å². The van der Waals surface area contributed by atoms with Crippen molar-refractivity contribution in [2.24, 2.45) is 0 Å². The maximum atomic E-state index is 12.6. The molecule has 2 aromatic carbocycles. The Balaban J connectivity index is 2.00. The van der Waals surface area contributed by atoms with Crippen LogP contribution in [0.15, 0.2) is 58.1 Å². The van der Waals surface area contributed by atoms with Crippen molar-refractivity contribution in [3.63, 3.8) is 0 Å². The molecular weight excluding hydrogens is 372 g/mol. The molecular formula is C22H24N2O5. The van der Waals surface area contributed by atoms with Crippen molar-refractivity contribution in [3.05, 3.63) is 91.6 Å². The van der Waals surface area contributed by atoms with Crippen LogP contribution in [0.1, 0.15) is 29.2 Å². The van der Waals surface area contributed by atoms with Crippen molar-refractivity contribution in [3.8, 4) is 11.6 Å². The Morgan fingerprint density at radius 3 is 2.28 bits per heavy atom. The minimum Gasteiger partial charge on any atom is -0.440 e. The zero-order valence-corrected chi connectivity index (χ0v) is 16.7. The summed E-state index contributed by atoms with van der Waals surface area (Å²) in [6, 6.07) is 15.1. The van der Waals surface area contributed by atoms with Crippen LogP contribution in [0.25, 0.3) is 0 Å². The van der Waals surface area contributed by atoms with Gasteiger partial charge in [-0.15, -0.1) is 0 Å². The van der Waals surface area contributed by atoms with Crippen molar-refractivity contribution in [1.82, 2.24) is 9.30 Å². The third kappa shape index (κ3) is 4.57. The lowest BCUT2D eigenvalue weighted by molar-refractivity contribution is 0.0469. The van der Waals surface area contributed by atoms with Gasteiger partial charge in [-0.1, -0.05) is 48.1 Å². The zero-order valence-electron chi connectivity index (χ0n) is 16.7. The highest BCUT2D eigenvalue weighted by molar-refractivity contribution is 5.37. The van der Waals surface area contributed by atoms with Crippen LogP contribution in [0.3, 0.4) is 0 Å². The van der Waals surface area contributed by atoms with Crippen molar-refractivity contribution in [1.29, 1.82) is 0 Å². The van der Waals surface area contributed by atoms with E-state index < -0.39 is 11.2 Å². The second-order valence-corrected chi connectivity index (χ2v) is 6.85. The quantitative estimate of drug-likeness (QED) is 0.619. The van der Waals surface area contributed by atoms with Gasteiger partial charge >= 0.3 is 5.69 Å². The Hall–Kier alpha value is -3.32. The third-order valence-electron chi connectivity index (χ3n) is 4.46. The summed E-state index contributed by atoms with van der Waals surface area (Å²) >= 11 is 0. The van der Waals surface area contributed by atoms with E-state index in [9.17, 15) is 14.8 Å². The molecule has 0 atom stereocenters. The van der Waals surface area contributed by atoms with Crippen LogP contribution in [0.5, 0.6) is 11.6 Å². The van der Waals surface area contributed by atoms with Gasteiger partial charge in [0.05, 0.1) is 12.2 Å². The van der Waals surface area contributed by atoms with Crippen molar-refractivity contribution < 1.29 is 14.7 Å². The van der Waals surface area contributed by atoms with Crippen molar-refractivity contribution >= 4 is 0 Å². The average molecular weight is 396 g/mol. The Bertz CT molecular complexity index is 1100. The van der Waals surface area contributed by atoms with Crippen LogP contribution in [-0.4, -0.2) is 14.5 Å². The first-order valence-corrected chi connectivity index (χ1v) is 9.36. The first kappa shape index (κ1) is 20.4. The number of aryl methyl sites for hydroxylation is 2. The number of rotatable bonds is 7. The lowest BCUT2D eigenvalue weighted by atomic mass is 10.1. The van der Waals surface area contributed by atoms with E-state index in [0.29, 0.717) is 5.75 Å². The molecule has 0 unspecified atom stereocenters. The van der Waals surface area contributed by atoms with Crippen LogP contribution >= 0.6 is 0 Å². The van der Waals surface area contributed by atoms with E-state index in [1.807, 2.05) is 62.4 Å². The Morgan fingerprint density at radius 1 is 1.00 bits per heavy atom. The molecule has 0 amide bonds. The molecule has 0 radical (unpaired) electrons. The number of nitrogens with zero attached hydrogens (tertiary/aromatic N) is 2. The number of hydrogen-bond acceptors (Lipinski definition) is 5. The standard InChI is InChI=1S/C22H24N2O5/c1-4-19-20(25)24(27)22(26)23(14-28-13-17-8-6-5-7-9-17)21(19)29-18-11-15(2)10-16(3)12-18/h5-12,27H,4,13-14H2,1-3H3. The van der Waals surface area contributed by atoms with Gasteiger partial charge < -0.3 is 14.7 Å². The highest BCUT2D eigenvalue weighted by atomic mass is 16.5. The zero-order chi connectivity index (χ0) is 21.0. The fraction of sp³-hybridized carbons (Fsp3) is 0.273. The van der Waals surface area contributed by atoms with Gasteiger partial charge in [0.1, 0.15) is 12.5 Å². The summed E-state index contributed by atoms with van der Waals surface area (Å²) in [6.07, 6.45) is 0.276. The molecule has 0 aliphatic heterocycles. The highest BCUT2D eigenvalue weighted by Crippen LogP contribution is 2.25. The number of benzene rings is 2. The Morgan fingerprint density at radius 2 is 1.66 bits per heavy atom. The summed E-state index contributed by atoms with van der Waals surface area (Å²) < 4.78 is 12.9. The molecule has 0 spiro atoms. The summed E-state index contributed by atoms with van der Waals surface area (Å²) in [4.78, 5) is 25.0. The van der Waals surface area contributed by atoms with Crippen LogP contribution in [0.2, 0.25) is 0 Å². The van der Waals surface area contributed by atoms with E-state index in [2.05, 4.69) is 0 Å². The highest BCUT2D eigenvalue weighted by Gasteiger charge is 2.20. The van der Waals surface area contributed by atoms with E-state index in [1.54, 1.807) is 6.92 Å². The van der Waals surface area contributed by atoms with E-state index in [0.717, 1.165) is 21.3 Å². The van der Waals surface area contributed by atoms with Gasteiger partial charge in [0.2, 0.25) is 5.88 Å². The summed E-state index contributed by atoms with van der Waals surface area (Å²) in [5.41, 5.74) is 1.39. The minimum absolute atomic E-state index is 0.0749. The maximum absolute atomic E-state index is 12.6. The van der Waals surface area contributed by atoms with Gasteiger partial charge in [0.25, 0.3) is 5.56 Å². The van der Waals surface area contributed by atoms with Gasteiger partial charge in [-0.2, -0.15) is 0 Å². The molecule has 3 rings (SSSR count).